The standard InChI is InChI=1S/C24H29Si2.C13H10.2ClH.Zr/c1-25(2,3)21-13-9-12-18-16-20-19(24(18)21)14-15-22(26(4,5)6)23(20)17-10-7-8-11-17;1-3-7-12(8-4-1)11-13-9-5-2-6-10-13;;;/h7-10,12-16H,11H2,1-6H3;1-10H;2*1H;/q;;;;+2/p-2. The molecular weight excluding hydrogens is 663 g/mol. The maximum atomic E-state index is 2.53. The van der Waals surface area contributed by atoms with E-state index in [-0.39, 0.29) is 24.8 Å². The van der Waals surface area contributed by atoms with Crippen LogP contribution in [0.3, 0.4) is 0 Å². The van der Waals surface area contributed by atoms with Crippen LogP contribution in [0.15, 0.2) is 109 Å². The fourth-order valence-corrected chi connectivity index (χ4v) is 14.1. The van der Waals surface area contributed by atoms with Gasteiger partial charge in [-0.3, -0.25) is 0 Å². The van der Waals surface area contributed by atoms with E-state index in [1.54, 1.807) is 35.8 Å². The summed E-state index contributed by atoms with van der Waals surface area (Å²) in [6.45, 7) is 15.1. The Balaban J connectivity index is 0.00000202. The Morgan fingerprint density at radius 3 is 1.74 bits per heavy atom. The van der Waals surface area contributed by atoms with Gasteiger partial charge in [0, 0.05) is 0 Å². The number of hydrogen-bond acceptors (Lipinski definition) is 0. The molecule has 0 spiro atoms. The zero-order valence-corrected chi connectivity index (χ0v) is 31.4. The monoisotopic (exact) mass is 699 g/mol. The topological polar surface area (TPSA) is 0 Å². The molecule has 0 amide bonds. The molecule has 0 nitrogen and oxygen atoms in total. The van der Waals surface area contributed by atoms with Gasteiger partial charge in [0.1, 0.15) is 0 Å². The third kappa shape index (κ3) is 6.19. The molecular formula is C37H39Cl2Si2Zr. The Labute approximate surface area is 278 Å². The van der Waals surface area contributed by atoms with E-state index in [0.29, 0.717) is 3.63 Å². The van der Waals surface area contributed by atoms with Crippen LogP contribution in [0.25, 0.3) is 16.7 Å². The zero-order valence-electron chi connectivity index (χ0n) is 25.4. The summed E-state index contributed by atoms with van der Waals surface area (Å²) >= 11 is -1.18. The molecule has 1 atom stereocenters. The minimum absolute atomic E-state index is 0. The van der Waals surface area contributed by atoms with Crippen LogP contribution in [0.4, 0.5) is 0 Å². The van der Waals surface area contributed by atoms with E-state index in [1.165, 1.54) is 22.3 Å². The van der Waals surface area contributed by atoms with Gasteiger partial charge in [0.2, 0.25) is 0 Å². The number of fused-ring (bicyclic) bond motifs is 3. The summed E-state index contributed by atoms with van der Waals surface area (Å²) in [6.07, 6.45) is 8.08. The number of allylic oxidation sites excluding steroid dienone is 4. The van der Waals surface area contributed by atoms with Gasteiger partial charge in [-0.1, -0.05) is 0 Å². The van der Waals surface area contributed by atoms with Crippen molar-refractivity contribution in [3.8, 4) is 11.1 Å². The van der Waals surface area contributed by atoms with Crippen LogP contribution in [-0.2, 0) is 22.8 Å². The molecule has 0 fully saturated rings. The van der Waals surface area contributed by atoms with Crippen molar-refractivity contribution in [1.29, 1.82) is 0 Å². The first-order chi connectivity index (χ1) is 19.1. The Morgan fingerprint density at radius 2 is 1.21 bits per heavy atom. The Hall–Kier alpha value is -1.87. The van der Waals surface area contributed by atoms with Crippen LogP contribution in [0.2, 0.25) is 39.3 Å². The number of rotatable bonds is 6. The van der Waals surface area contributed by atoms with Crippen molar-refractivity contribution in [3.05, 3.63) is 137 Å². The Morgan fingerprint density at radius 1 is 0.643 bits per heavy atom. The SMILES string of the molecule is C[Si](C)(C)c1ccc2c(c1C1=CC=CC1)[CH]([Zr+2]=[C](c1ccccc1)c1ccccc1)c1cccc([Si](C)(C)C)c1-2.[Cl-].[Cl-]. The van der Waals surface area contributed by atoms with E-state index in [1.807, 2.05) is 0 Å². The second-order valence-corrected chi connectivity index (χ2v) is 26.7. The van der Waals surface area contributed by atoms with Crippen LogP contribution in [-0.4, -0.2) is 19.4 Å². The average Bonchev–Trinajstić information content (AvgIpc) is 3.58. The van der Waals surface area contributed by atoms with Gasteiger partial charge in [-0.25, -0.2) is 0 Å². The van der Waals surface area contributed by atoms with Crippen molar-refractivity contribution >= 4 is 35.3 Å². The molecule has 2 aliphatic carbocycles. The van der Waals surface area contributed by atoms with E-state index in [0.717, 1.165) is 6.42 Å². The predicted molar refractivity (Wildman–Crippen MR) is 178 cm³/mol. The summed E-state index contributed by atoms with van der Waals surface area (Å²) < 4.78 is 2.10. The number of hydrogen-bond donors (Lipinski definition) is 0. The first-order valence-electron chi connectivity index (χ1n) is 14.6. The molecule has 0 bridgehead atoms. The van der Waals surface area contributed by atoms with Crippen molar-refractivity contribution in [2.45, 2.75) is 49.3 Å². The van der Waals surface area contributed by atoms with Gasteiger partial charge in [-0.05, 0) is 0 Å². The van der Waals surface area contributed by atoms with Crippen LogP contribution in [0, 0.1) is 0 Å². The van der Waals surface area contributed by atoms with E-state index in [2.05, 4.69) is 149 Å². The second kappa shape index (κ2) is 13.0. The molecule has 4 aromatic carbocycles. The summed E-state index contributed by atoms with van der Waals surface area (Å²) in [6, 6.07) is 34.8. The van der Waals surface area contributed by atoms with Gasteiger partial charge >= 0.3 is 256 Å². The van der Waals surface area contributed by atoms with Crippen LogP contribution < -0.4 is 35.2 Å². The van der Waals surface area contributed by atoms with E-state index < -0.39 is 38.9 Å². The van der Waals surface area contributed by atoms with Crippen molar-refractivity contribution in [3.63, 3.8) is 0 Å². The van der Waals surface area contributed by atoms with E-state index in [9.17, 15) is 0 Å². The smallest absolute Gasteiger partial charge is 1.00 e. The third-order valence-corrected chi connectivity index (χ3v) is 16.7. The van der Waals surface area contributed by atoms with Gasteiger partial charge < -0.3 is 24.8 Å². The molecule has 0 aromatic heterocycles. The Bertz CT molecular complexity index is 1630. The molecule has 6 rings (SSSR count). The summed E-state index contributed by atoms with van der Waals surface area (Å²) in [5, 5.41) is 3.26. The molecule has 5 heteroatoms. The number of benzene rings is 4. The first-order valence-corrected chi connectivity index (χ1v) is 24.2. The largest absolute Gasteiger partial charge is 1.00 e. The summed E-state index contributed by atoms with van der Waals surface area (Å²) in [5.41, 5.74) is 12.3. The molecule has 0 aliphatic heterocycles. The quantitative estimate of drug-likeness (QED) is 0.272. The molecule has 0 radical (unpaired) electrons. The molecule has 213 valence electrons. The van der Waals surface area contributed by atoms with Gasteiger partial charge in [0.25, 0.3) is 0 Å². The maximum Gasteiger partial charge on any atom is -1.00 e. The van der Waals surface area contributed by atoms with Crippen LogP contribution in [0.1, 0.15) is 37.9 Å². The Kier molecular flexibility index (Phi) is 10.2. The minimum atomic E-state index is -1.59. The fourth-order valence-electron chi connectivity index (χ4n) is 6.47. The van der Waals surface area contributed by atoms with E-state index in [4.69, 9.17) is 0 Å². The minimum Gasteiger partial charge on any atom is -1.00 e. The number of halogens is 2. The fraction of sp³-hybridized carbons (Fsp3) is 0.216. The van der Waals surface area contributed by atoms with Gasteiger partial charge in [0.05, 0.1) is 0 Å². The van der Waals surface area contributed by atoms with Crippen molar-refractivity contribution in [1.82, 2.24) is 0 Å². The molecule has 42 heavy (non-hydrogen) atoms. The molecule has 0 heterocycles. The summed E-state index contributed by atoms with van der Waals surface area (Å²) in [4.78, 5) is 0. The molecule has 0 saturated carbocycles. The van der Waals surface area contributed by atoms with E-state index >= 15 is 0 Å². The summed E-state index contributed by atoms with van der Waals surface area (Å²) in [7, 11) is -3.15. The summed E-state index contributed by atoms with van der Waals surface area (Å²) in [5.74, 6) is 0. The maximum absolute atomic E-state index is 2.53. The normalized spacial score (nSPS) is 15.1. The molecule has 0 N–H and O–H groups in total. The van der Waals surface area contributed by atoms with Gasteiger partial charge in [0.15, 0.2) is 0 Å². The predicted octanol–water partition coefficient (Wildman–Crippen LogP) is 2.55. The van der Waals surface area contributed by atoms with Gasteiger partial charge in [-0.2, -0.15) is 0 Å². The second-order valence-electron chi connectivity index (χ2n) is 13.2. The first kappa shape index (κ1) is 33.0. The van der Waals surface area contributed by atoms with Crippen molar-refractivity contribution in [2.75, 3.05) is 0 Å². The van der Waals surface area contributed by atoms with Crippen molar-refractivity contribution < 1.29 is 47.6 Å². The van der Waals surface area contributed by atoms with Gasteiger partial charge in [-0.15, -0.1) is 0 Å². The molecule has 2 aliphatic rings. The van der Waals surface area contributed by atoms with Crippen LogP contribution in [0.5, 0.6) is 0 Å². The average molecular weight is 702 g/mol. The molecule has 4 aromatic rings. The molecule has 0 saturated heterocycles. The zero-order chi connectivity index (χ0) is 28.1. The van der Waals surface area contributed by atoms with Crippen molar-refractivity contribution in [2.24, 2.45) is 0 Å². The third-order valence-electron chi connectivity index (χ3n) is 8.33. The van der Waals surface area contributed by atoms with Crippen LogP contribution >= 0.6 is 0 Å². The molecule has 1 unspecified atom stereocenters.